The standard InChI is InChI=1S/C31H22S/c1-4-12-22(13-5-1)26-21-29-27(20-25-18-10-11-19-28(25)32-29)31(24-16-8-3-9-17-24)30(26)23-14-6-2-7-15-23/h1-19,21H,20H2. The topological polar surface area (TPSA) is 0 Å². The van der Waals surface area contributed by atoms with Crippen LogP contribution in [0.3, 0.4) is 0 Å². The molecule has 0 radical (unpaired) electrons. The summed E-state index contributed by atoms with van der Waals surface area (Å²) in [4.78, 5) is 2.73. The predicted molar refractivity (Wildman–Crippen MR) is 136 cm³/mol. The molecule has 0 spiro atoms. The average molecular weight is 427 g/mol. The summed E-state index contributed by atoms with van der Waals surface area (Å²) in [7, 11) is 0. The van der Waals surface area contributed by atoms with Gasteiger partial charge in [-0.05, 0) is 56.6 Å². The third-order valence-electron chi connectivity index (χ3n) is 6.16. The number of rotatable bonds is 3. The lowest BCUT2D eigenvalue weighted by atomic mass is 9.83. The summed E-state index contributed by atoms with van der Waals surface area (Å²) in [6.07, 6.45) is 0.956. The van der Waals surface area contributed by atoms with Gasteiger partial charge in [0.1, 0.15) is 0 Å². The molecule has 0 amide bonds. The Balaban J connectivity index is 1.72. The van der Waals surface area contributed by atoms with Crippen LogP contribution in [-0.2, 0) is 6.42 Å². The highest BCUT2D eigenvalue weighted by Crippen LogP contribution is 2.50. The monoisotopic (exact) mass is 426 g/mol. The van der Waals surface area contributed by atoms with Gasteiger partial charge in [-0.1, -0.05) is 121 Å². The highest BCUT2D eigenvalue weighted by atomic mass is 32.2. The fraction of sp³-hybridized carbons (Fsp3) is 0.0323. The van der Waals surface area contributed by atoms with Gasteiger partial charge in [0.2, 0.25) is 0 Å². The van der Waals surface area contributed by atoms with Gasteiger partial charge in [-0.25, -0.2) is 0 Å². The van der Waals surface area contributed by atoms with Crippen molar-refractivity contribution in [1.82, 2.24) is 0 Å². The van der Waals surface area contributed by atoms with Crippen molar-refractivity contribution in [3.05, 3.63) is 132 Å². The smallest absolute Gasteiger partial charge is 0.0170 e. The second kappa shape index (κ2) is 8.18. The molecule has 5 aromatic rings. The predicted octanol–water partition coefficient (Wildman–Crippen LogP) is 8.74. The molecule has 0 saturated heterocycles. The minimum absolute atomic E-state index is 0.956. The summed E-state index contributed by atoms with van der Waals surface area (Å²) in [6.45, 7) is 0. The van der Waals surface area contributed by atoms with E-state index in [4.69, 9.17) is 0 Å². The van der Waals surface area contributed by atoms with Gasteiger partial charge < -0.3 is 0 Å². The van der Waals surface area contributed by atoms with Gasteiger partial charge in [-0.2, -0.15) is 0 Å². The normalized spacial score (nSPS) is 12.1. The molecule has 0 unspecified atom stereocenters. The van der Waals surface area contributed by atoms with Crippen LogP contribution in [0.25, 0.3) is 33.4 Å². The molecule has 1 aliphatic rings. The first-order valence-electron chi connectivity index (χ1n) is 11.0. The summed E-state index contributed by atoms with van der Waals surface area (Å²) < 4.78 is 0. The first-order valence-corrected chi connectivity index (χ1v) is 11.8. The summed E-state index contributed by atoms with van der Waals surface area (Å²) >= 11 is 1.90. The maximum Gasteiger partial charge on any atom is 0.0170 e. The lowest BCUT2D eigenvalue weighted by molar-refractivity contribution is 1.06. The summed E-state index contributed by atoms with van der Waals surface area (Å²) in [6, 6.07) is 43.8. The van der Waals surface area contributed by atoms with E-state index in [1.165, 1.54) is 54.3 Å². The van der Waals surface area contributed by atoms with Gasteiger partial charge in [-0.3, -0.25) is 0 Å². The summed E-state index contributed by atoms with van der Waals surface area (Å²) in [5.41, 5.74) is 10.6. The average Bonchev–Trinajstić information content (AvgIpc) is 2.88. The zero-order valence-corrected chi connectivity index (χ0v) is 18.5. The molecular formula is C31H22S. The third-order valence-corrected chi connectivity index (χ3v) is 7.37. The zero-order chi connectivity index (χ0) is 21.3. The van der Waals surface area contributed by atoms with E-state index >= 15 is 0 Å². The van der Waals surface area contributed by atoms with Crippen LogP contribution in [0, 0.1) is 0 Å². The lowest BCUT2D eigenvalue weighted by Gasteiger charge is -2.27. The van der Waals surface area contributed by atoms with Crippen LogP contribution in [0.15, 0.2) is 131 Å². The van der Waals surface area contributed by atoms with Gasteiger partial charge in [0.25, 0.3) is 0 Å². The van der Waals surface area contributed by atoms with Crippen LogP contribution in [-0.4, -0.2) is 0 Å². The second-order valence-electron chi connectivity index (χ2n) is 8.14. The van der Waals surface area contributed by atoms with Crippen LogP contribution < -0.4 is 0 Å². The fourth-order valence-electron chi connectivity index (χ4n) is 4.70. The molecule has 0 atom stereocenters. The quantitative estimate of drug-likeness (QED) is 0.272. The molecule has 1 heteroatoms. The lowest BCUT2D eigenvalue weighted by Crippen LogP contribution is -2.05. The Morgan fingerprint density at radius 1 is 0.469 bits per heavy atom. The zero-order valence-electron chi connectivity index (χ0n) is 17.7. The maximum absolute atomic E-state index is 2.42. The van der Waals surface area contributed by atoms with Crippen molar-refractivity contribution < 1.29 is 0 Å². The van der Waals surface area contributed by atoms with E-state index < -0.39 is 0 Å². The van der Waals surface area contributed by atoms with Gasteiger partial charge in [0.15, 0.2) is 0 Å². The first-order chi connectivity index (χ1) is 15.9. The SMILES string of the molecule is c1ccc(-c2cc3c(c(-c4ccccc4)c2-c2ccccc2)Cc2ccccc2S3)cc1. The minimum atomic E-state index is 0.956. The molecule has 0 fully saturated rings. The van der Waals surface area contributed by atoms with Crippen molar-refractivity contribution in [3.63, 3.8) is 0 Å². The molecule has 0 N–H and O–H groups in total. The molecule has 152 valence electrons. The van der Waals surface area contributed by atoms with Gasteiger partial charge in [-0.15, -0.1) is 0 Å². The van der Waals surface area contributed by atoms with Crippen molar-refractivity contribution in [2.75, 3.05) is 0 Å². The molecule has 0 nitrogen and oxygen atoms in total. The summed E-state index contributed by atoms with van der Waals surface area (Å²) in [5, 5.41) is 0. The molecule has 1 heterocycles. The van der Waals surface area contributed by atoms with Crippen molar-refractivity contribution in [1.29, 1.82) is 0 Å². The van der Waals surface area contributed by atoms with Crippen LogP contribution in [0.1, 0.15) is 11.1 Å². The van der Waals surface area contributed by atoms with E-state index in [1.54, 1.807) is 0 Å². The molecule has 0 bridgehead atoms. The van der Waals surface area contributed by atoms with Crippen LogP contribution in [0.4, 0.5) is 0 Å². The van der Waals surface area contributed by atoms with Crippen molar-refractivity contribution in [2.45, 2.75) is 16.2 Å². The number of fused-ring (bicyclic) bond motifs is 2. The highest BCUT2D eigenvalue weighted by molar-refractivity contribution is 7.99. The Hall–Kier alpha value is -3.55. The van der Waals surface area contributed by atoms with Gasteiger partial charge in [0.05, 0.1) is 0 Å². The Bertz CT molecular complexity index is 1390. The highest BCUT2D eigenvalue weighted by Gasteiger charge is 2.25. The Morgan fingerprint density at radius 2 is 1.00 bits per heavy atom. The molecule has 0 saturated carbocycles. The fourth-order valence-corrected chi connectivity index (χ4v) is 5.83. The van der Waals surface area contributed by atoms with Crippen LogP contribution >= 0.6 is 11.8 Å². The molecule has 6 rings (SSSR count). The Morgan fingerprint density at radius 3 is 1.66 bits per heavy atom. The molecular weight excluding hydrogens is 404 g/mol. The van der Waals surface area contributed by atoms with Crippen molar-refractivity contribution in [3.8, 4) is 33.4 Å². The Labute approximate surface area is 193 Å². The van der Waals surface area contributed by atoms with Crippen molar-refractivity contribution in [2.24, 2.45) is 0 Å². The third kappa shape index (κ3) is 3.36. The van der Waals surface area contributed by atoms with E-state index in [0.29, 0.717) is 0 Å². The van der Waals surface area contributed by atoms with E-state index in [9.17, 15) is 0 Å². The molecule has 5 aromatic carbocycles. The number of hydrogen-bond donors (Lipinski definition) is 0. The van der Waals surface area contributed by atoms with Crippen molar-refractivity contribution >= 4 is 11.8 Å². The van der Waals surface area contributed by atoms with Crippen LogP contribution in [0.2, 0.25) is 0 Å². The summed E-state index contributed by atoms with van der Waals surface area (Å²) in [5.74, 6) is 0. The van der Waals surface area contributed by atoms with Gasteiger partial charge >= 0.3 is 0 Å². The minimum Gasteiger partial charge on any atom is -0.0895 e. The number of hydrogen-bond acceptors (Lipinski definition) is 1. The van der Waals surface area contributed by atoms with E-state index in [2.05, 4.69) is 121 Å². The largest absolute Gasteiger partial charge is 0.0895 e. The van der Waals surface area contributed by atoms with E-state index in [1.807, 2.05) is 11.8 Å². The van der Waals surface area contributed by atoms with E-state index in [-0.39, 0.29) is 0 Å². The molecule has 0 aliphatic carbocycles. The first kappa shape index (κ1) is 19.2. The Kier molecular flexibility index (Phi) is 4.90. The molecule has 0 aromatic heterocycles. The molecule has 32 heavy (non-hydrogen) atoms. The van der Waals surface area contributed by atoms with Gasteiger partial charge in [0, 0.05) is 16.2 Å². The molecule has 1 aliphatic heterocycles. The second-order valence-corrected chi connectivity index (χ2v) is 9.22. The van der Waals surface area contributed by atoms with Crippen LogP contribution in [0.5, 0.6) is 0 Å². The maximum atomic E-state index is 2.42. The number of benzene rings is 5. The van der Waals surface area contributed by atoms with E-state index in [0.717, 1.165) is 6.42 Å².